The van der Waals surface area contributed by atoms with Gasteiger partial charge in [0.15, 0.2) is 12.2 Å². The number of phosphoric ester groups is 2. The van der Waals surface area contributed by atoms with Gasteiger partial charge in [0.2, 0.25) is 0 Å². The molecule has 492 valence electrons. The van der Waals surface area contributed by atoms with Gasteiger partial charge in [0.1, 0.15) is 19.3 Å². The fourth-order valence-electron chi connectivity index (χ4n) is 9.45. The first-order valence-corrected chi connectivity index (χ1v) is 36.4. The zero-order valence-electron chi connectivity index (χ0n) is 53.6. The number of aliphatic hydroxyl groups excluding tert-OH is 1. The topological polar surface area (TPSA) is 237 Å². The molecular formula is C64H124O17P2. The Morgan fingerprint density at radius 1 is 0.349 bits per heavy atom. The van der Waals surface area contributed by atoms with Crippen molar-refractivity contribution < 1.29 is 80.2 Å². The summed E-state index contributed by atoms with van der Waals surface area (Å²) < 4.78 is 67.8. The third-order valence-electron chi connectivity index (χ3n) is 15.0. The van der Waals surface area contributed by atoms with Gasteiger partial charge >= 0.3 is 39.5 Å². The van der Waals surface area contributed by atoms with E-state index in [4.69, 9.17) is 37.0 Å². The molecule has 0 aromatic carbocycles. The highest BCUT2D eigenvalue weighted by Gasteiger charge is 2.30. The fourth-order valence-corrected chi connectivity index (χ4v) is 11.0. The highest BCUT2D eigenvalue weighted by molar-refractivity contribution is 7.47. The summed E-state index contributed by atoms with van der Waals surface area (Å²) in [4.78, 5) is 72.0. The minimum absolute atomic E-state index is 0.102. The smallest absolute Gasteiger partial charge is 0.462 e. The van der Waals surface area contributed by atoms with E-state index in [-0.39, 0.29) is 25.7 Å². The Bertz CT molecular complexity index is 1650. The van der Waals surface area contributed by atoms with Crippen molar-refractivity contribution >= 4 is 39.5 Å². The third-order valence-corrected chi connectivity index (χ3v) is 16.9. The van der Waals surface area contributed by atoms with Crippen LogP contribution in [0, 0.1) is 17.8 Å². The molecule has 0 rings (SSSR count). The molecule has 6 atom stereocenters. The van der Waals surface area contributed by atoms with Crippen LogP contribution in [0.3, 0.4) is 0 Å². The SMILES string of the molecule is CCCCCCCC(=O)OC[C@H](COP(=O)(O)OC[C@H](O)COP(=O)(O)OC[C@@H](COC(=O)CCCCCCCCCCC(C)C)OC(=O)CCCCCCCCCCCCCCCCC(C)C)OC(=O)CCCCCCCCC(C)CC. The van der Waals surface area contributed by atoms with Gasteiger partial charge in [0, 0.05) is 25.7 Å². The predicted octanol–water partition coefficient (Wildman–Crippen LogP) is 17.5. The van der Waals surface area contributed by atoms with Crippen LogP contribution < -0.4 is 0 Å². The molecule has 0 amide bonds. The average molecular weight is 1230 g/mol. The van der Waals surface area contributed by atoms with Gasteiger partial charge in [-0.15, -0.1) is 0 Å². The number of aliphatic hydroxyl groups is 1. The average Bonchev–Trinajstić information content (AvgIpc) is 3.46. The van der Waals surface area contributed by atoms with Crippen molar-refractivity contribution in [1.82, 2.24) is 0 Å². The summed E-state index contributed by atoms with van der Waals surface area (Å²) in [5.41, 5.74) is 0. The maximum atomic E-state index is 13.0. The van der Waals surface area contributed by atoms with Crippen LogP contribution in [-0.4, -0.2) is 96.7 Å². The molecule has 0 saturated heterocycles. The number of hydrogen-bond donors (Lipinski definition) is 3. The molecule has 3 N–H and O–H groups in total. The second-order valence-electron chi connectivity index (χ2n) is 24.3. The van der Waals surface area contributed by atoms with Gasteiger partial charge in [0.05, 0.1) is 26.4 Å². The van der Waals surface area contributed by atoms with Crippen LogP contribution >= 0.6 is 15.6 Å². The monoisotopic (exact) mass is 1230 g/mol. The molecule has 0 aliphatic carbocycles. The largest absolute Gasteiger partial charge is 0.472 e. The lowest BCUT2D eigenvalue weighted by Crippen LogP contribution is -2.30. The highest BCUT2D eigenvalue weighted by Crippen LogP contribution is 2.45. The van der Waals surface area contributed by atoms with Crippen LogP contribution in [0.4, 0.5) is 0 Å². The van der Waals surface area contributed by atoms with Gasteiger partial charge in [-0.2, -0.15) is 0 Å². The van der Waals surface area contributed by atoms with Crippen molar-refractivity contribution in [3.8, 4) is 0 Å². The maximum absolute atomic E-state index is 13.0. The molecule has 0 aromatic heterocycles. The number of ether oxygens (including phenoxy) is 4. The molecule has 19 heteroatoms. The van der Waals surface area contributed by atoms with E-state index in [1.807, 2.05) is 0 Å². The Labute approximate surface area is 505 Å². The molecule has 3 unspecified atom stereocenters. The Hall–Kier alpha value is -1.94. The Kier molecular flexibility index (Phi) is 54.1. The number of esters is 4. The second kappa shape index (κ2) is 55.4. The van der Waals surface area contributed by atoms with Crippen LogP contribution in [0.5, 0.6) is 0 Å². The summed E-state index contributed by atoms with van der Waals surface area (Å²) in [6, 6.07) is 0. The highest BCUT2D eigenvalue weighted by atomic mass is 31.2. The van der Waals surface area contributed by atoms with Crippen LogP contribution in [0.25, 0.3) is 0 Å². The summed E-state index contributed by atoms with van der Waals surface area (Å²) in [5.74, 6) is 0.0931. The standard InChI is InChI=1S/C64H124O17P2/c1-8-10-11-28-38-45-61(66)74-51-59(81-64(69)48-41-34-27-26-31-37-44-57(7)9-2)53-78-82(70,71)76-49-58(65)50-77-83(72,73)79-54-60(52-75-62(67)46-39-32-24-21-20-23-30-36-43-56(5)6)80-63(68)47-40-33-25-19-17-15-13-12-14-16-18-22-29-35-42-55(3)4/h55-60,65H,8-54H2,1-7H3,(H,70,71)(H,72,73)/t57?,58-,59+,60+/m0/s1. The van der Waals surface area contributed by atoms with Crippen LogP contribution in [-0.2, 0) is 65.4 Å². The first-order valence-electron chi connectivity index (χ1n) is 33.4. The van der Waals surface area contributed by atoms with Crippen LogP contribution in [0.2, 0.25) is 0 Å². The van der Waals surface area contributed by atoms with E-state index in [9.17, 15) is 43.2 Å². The molecule has 0 heterocycles. The van der Waals surface area contributed by atoms with Crippen LogP contribution in [0.15, 0.2) is 0 Å². The quantitative estimate of drug-likeness (QED) is 0.0222. The summed E-state index contributed by atoms with van der Waals surface area (Å²) >= 11 is 0. The number of phosphoric acid groups is 2. The number of rotatable bonds is 62. The Balaban J connectivity index is 5.16. The van der Waals surface area contributed by atoms with Crippen LogP contribution in [0.1, 0.15) is 312 Å². The summed E-state index contributed by atoms with van der Waals surface area (Å²) in [6.07, 6.45) is 36.7. The zero-order valence-corrected chi connectivity index (χ0v) is 55.4. The first-order chi connectivity index (χ1) is 39.8. The van der Waals surface area contributed by atoms with Crippen molar-refractivity contribution in [1.29, 1.82) is 0 Å². The molecule has 0 aliphatic rings. The summed E-state index contributed by atoms with van der Waals surface area (Å²) in [5, 5.41) is 10.5. The summed E-state index contributed by atoms with van der Waals surface area (Å²) in [6.45, 7) is 11.6. The van der Waals surface area contributed by atoms with E-state index in [2.05, 4.69) is 48.5 Å². The third kappa shape index (κ3) is 57.6. The number of carbonyl (C=O) groups excluding carboxylic acids is 4. The zero-order chi connectivity index (χ0) is 61.7. The van der Waals surface area contributed by atoms with E-state index >= 15 is 0 Å². The molecule has 0 aromatic rings. The number of carbonyl (C=O) groups is 4. The molecule has 17 nitrogen and oxygen atoms in total. The van der Waals surface area contributed by atoms with Gasteiger partial charge < -0.3 is 33.8 Å². The molecule has 83 heavy (non-hydrogen) atoms. The van der Waals surface area contributed by atoms with E-state index in [0.29, 0.717) is 25.7 Å². The van der Waals surface area contributed by atoms with Gasteiger partial charge in [-0.3, -0.25) is 37.3 Å². The van der Waals surface area contributed by atoms with Gasteiger partial charge in [-0.1, -0.05) is 260 Å². The summed E-state index contributed by atoms with van der Waals surface area (Å²) in [7, 11) is -9.88. The van der Waals surface area contributed by atoms with E-state index in [1.54, 1.807) is 0 Å². The number of hydrogen-bond acceptors (Lipinski definition) is 15. The molecular weight excluding hydrogens is 1100 g/mol. The Morgan fingerprint density at radius 3 is 0.916 bits per heavy atom. The first kappa shape index (κ1) is 81.1. The Morgan fingerprint density at radius 2 is 0.614 bits per heavy atom. The minimum atomic E-state index is -4.94. The minimum Gasteiger partial charge on any atom is -0.462 e. The van der Waals surface area contributed by atoms with Gasteiger partial charge in [0.25, 0.3) is 0 Å². The molecule has 0 spiro atoms. The fraction of sp³-hybridized carbons (Fsp3) is 0.938. The van der Waals surface area contributed by atoms with Crippen molar-refractivity contribution in [3.05, 3.63) is 0 Å². The second-order valence-corrected chi connectivity index (χ2v) is 27.3. The molecule has 0 saturated carbocycles. The van der Waals surface area contributed by atoms with E-state index in [1.165, 1.54) is 116 Å². The van der Waals surface area contributed by atoms with Crippen molar-refractivity contribution in [2.24, 2.45) is 17.8 Å². The lowest BCUT2D eigenvalue weighted by molar-refractivity contribution is -0.161. The van der Waals surface area contributed by atoms with Gasteiger partial charge in [-0.05, 0) is 43.4 Å². The molecule has 0 radical (unpaired) electrons. The molecule has 0 bridgehead atoms. The van der Waals surface area contributed by atoms with E-state index < -0.39 is 97.5 Å². The normalized spacial score (nSPS) is 14.7. The van der Waals surface area contributed by atoms with E-state index in [0.717, 1.165) is 114 Å². The molecule has 0 aliphatic heterocycles. The lowest BCUT2D eigenvalue weighted by Gasteiger charge is -2.21. The van der Waals surface area contributed by atoms with Crippen molar-refractivity contribution in [2.45, 2.75) is 330 Å². The maximum Gasteiger partial charge on any atom is 0.472 e. The van der Waals surface area contributed by atoms with Crippen molar-refractivity contribution in [3.63, 3.8) is 0 Å². The lowest BCUT2D eigenvalue weighted by atomic mass is 10.00. The predicted molar refractivity (Wildman–Crippen MR) is 331 cm³/mol. The van der Waals surface area contributed by atoms with Gasteiger partial charge in [-0.25, -0.2) is 9.13 Å². The van der Waals surface area contributed by atoms with Crippen molar-refractivity contribution in [2.75, 3.05) is 39.6 Å². The molecule has 0 fully saturated rings. The number of unbranched alkanes of at least 4 members (excludes halogenated alkanes) is 29.